The van der Waals surface area contributed by atoms with Gasteiger partial charge >= 0.3 is 6.18 Å². The first-order valence-corrected chi connectivity index (χ1v) is 6.06. The van der Waals surface area contributed by atoms with Crippen molar-refractivity contribution in [3.05, 3.63) is 53.1 Å². The lowest BCUT2D eigenvalue weighted by Gasteiger charge is -2.16. The molecule has 108 valence electrons. The zero-order valence-corrected chi connectivity index (χ0v) is 11.1. The molecule has 0 radical (unpaired) electrons. The van der Waals surface area contributed by atoms with Crippen molar-refractivity contribution in [3.8, 4) is 6.07 Å². The highest BCUT2D eigenvalue weighted by Gasteiger charge is 2.33. The van der Waals surface area contributed by atoms with Crippen molar-refractivity contribution in [2.24, 2.45) is 0 Å². The fraction of sp³-hybridized carbons (Fsp3) is 0.133. The van der Waals surface area contributed by atoms with E-state index in [9.17, 15) is 13.2 Å². The lowest BCUT2D eigenvalue weighted by molar-refractivity contribution is -0.136. The monoisotopic (exact) mass is 291 g/mol. The molecule has 0 atom stereocenters. The molecule has 0 fully saturated rings. The zero-order chi connectivity index (χ0) is 15.6. The van der Waals surface area contributed by atoms with E-state index in [-0.39, 0.29) is 11.4 Å². The van der Waals surface area contributed by atoms with E-state index in [2.05, 4.69) is 5.32 Å². The van der Waals surface area contributed by atoms with Gasteiger partial charge in [-0.15, -0.1) is 0 Å². The van der Waals surface area contributed by atoms with Gasteiger partial charge in [0.2, 0.25) is 0 Å². The molecule has 0 bridgehead atoms. The maximum atomic E-state index is 13.0. The number of nitriles is 1. The summed E-state index contributed by atoms with van der Waals surface area (Å²) in [7, 11) is 0. The van der Waals surface area contributed by atoms with Crippen LogP contribution in [0.25, 0.3) is 0 Å². The van der Waals surface area contributed by atoms with Crippen molar-refractivity contribution in [1.29, 1.82) is 5.26 Å². The number of rotatable bonds is 2. The van der Waals surface area contributed by atoms with Crippen LogP contribution in [0, 0.1) is 18.3 Å². The van der Waals surface area contributed by atoms with Crippen LogP contribution in [-0.2, 0) is 6.18 Å². The highest BCUT2D eigenvalue weighted by atomic mass is 19.4. The molecule has 0 aliphatic rings. The molecule has 0 aromatic heterocycles. The first kappa shape index (κ1) is 14.7. The van der Waals surface area contributed by atoms with Gasteiger partial charge in [-0.3, -0.25) is 0 Å². The molecular weight excluding hydrogens is 279 g/mol. The van der Waals surface area contributed by atoms with Crippen LogP contribution in [0.1, 0.15) is 16.7 Å². The summed E-state index contributed by atoms with van der Waals surface area (Å²) in [6.07, 6.45) is -4.53. The summed E-state index contributed by atoms with van der Waals surface area (Å²) in [5, 5.41) is 11.8. The van der Waals surface area contributed by atoms with E-state index in [0.717, 1.165) is 6.07 Å². The van der Waals surface area contributed by atoms with E-state index in [1.807, 2.05) is 6.07 Å². The number of nitrogens with two attached hydrogens (primary N) is 1. The van der Waals surface area contributed by atoms with Crippen molar-refractivity contribution < 1.29 is 13.2 Å². The number of hydrogen-bond acceptors (Lipinski definition) is 3. The summed E-state index contributed by atoms with van der Waals surface area (Å²) in [6.45, 7) is 1.72. The third kappa shape index (κ3) is 3.08. The Hall–Kier alpha value is -2.68. The average molecular weight is 291 g/mol. The van der Waals surface area contributed by atoms with E-state index < -0.39 is 11.7 Å². The maximum Gasteiger partial charge on any atom is 0.418 e. The van der Waals surface area contributed by atoms with Gasteiger partial charge in [0.05, 0.1) is 22.5 Å². The molecule has 0 aliphatic heterocycles. The number of aryl methyl sites for hydroxylation is 1. The normalized spacial score (nSPS) is 11.0. The lowest BCUT2D eigenvalue weighted by Crippen LogP contribution is -2.10. The van der Waals surface area contributed by atoms with Crippen LogP contribution in [0.3, 0.4) is 0 Å². The van der Waals surface area contributed by atoms with Crippen LogP contribution in [0.5, 0.6) is 0 Å². The third-order valence-electron chi connectivity index (χ3n) is 3.00. The van der Waals surface area contributed by atoms with Gasteiger partial charge in [0.15, 0.2) is 0 Å². The van der Waals surface area contributed by atoms with Crippen LogP contribution in [0.15, 0.2) is 36.4 Å². The molecule has 3 N–H and O–H groups in total. The fourth-order valence-corrected chi connectivity index (χ4v) is 1.97. The van der Waals surface area contributed by atoms with Gasteiger partial charge in [0.25, 0.3) is 0 Å². The molecule has 0 saturated carbocycles. The van der Waals surface area contributed by atoms with Crippen LogP contribution in [0.2, 0.25) is 0 Å². The van der Waals surface area contributed by atoms with Crippen LogP contribution in [0.4, 0.5) is 30.2 Å². The Morgan fingerprint density at radius 2 is 1.86 bits per heavy atom. The topological polar surface area (TPSA) is 61.8 Å². The molecule has 2 aromatic carbocycles. The van der Waals surface area contributed by atoms with Crippen LogP contribution >= 0.6 is 0 Å². The maximum absolute atomic E-state index is 13.0. The minimum Gasteiger partial charge on any atom is -0.399 e. The number of alkyl halides is 3. The van der Waals surface area contributed by atoms with E-state index in [0.29, 0.717) is 16.8 Å². The second-order valence-corrected chi connectivity index (χ2v) is 4.54. The van der Waals surface area contributed by atoms with Gasteiger partial charge < -0.3 is 11.1 Å². The molecule has 0 aliphatic carbocycles. The second kappa shape index (κ2) is 5.37. The van der Waals surface area contributed by atoms with Crippen molar-refractivity contribution in [2.75, 3.05) is 11.1 Å². The molecule has 0 heterocycles. The van der Waals surface area contributed by atoms with Gasteiger partial charge in [-0.05, 0) is 36.8 Å². The molecule has 3 nitrogen and oxygen atoms in total. The Morgan fingerprint density at radius 3 is 2.48 bits per heavy atom. The number of nitrogens with one attached hydrogen (secondary N) is 1. The minimum atomic E-state index is -4.53. The first-order chi connectivity index (χ1) is 9.82. The summed E-state index contributed by atoms with van der Waals surface area (Å²) in [6, 6.07) is 10.4. The summed E-state index contributed by atoms with van der Waals surface area (Å²) in [5.74, 6) is 0. The number of hydrogen-bond donors (Lipinski definition) is 2. The highest BCUT2D eigenvalue weighted by Crippen LogP contribution is 2.37. The first-order valence-electron chi connectivity index (χ1n) is 6.06. The molecule has 0 unspecified atom stereocenters. The lowest BCUT2D eigenvalue weighted by atomic mass is 10.1. The Balaban J connectivity index is 2.51. The number of nitrogen functional groups attached to an aromatic ring is 1. The van der Waals surface area contributed by atoms with E-state index in [4.69, 9.17) is 11.0 Å². The van der Waals surface area contributed by atoms with Gasteiger partial charge in [0, 0.05) is 5.69 Å². The highest BCUT2D eigenvalue weighted by molar-refractivity contribution is 5.72. The Morgan fingerprint density at radius 1 is 1.14 bits per heavy atom. The molecule has 2 aromatic rings. The molecular formula is C15H12F3N3. The smallest absolute Gasteiger partial charge is 0.399 e. The van der Waals surface area contributed by atoms with Crippen molar-refractivity contribution in [2.45, 2.75) is 13.1 Å². The largest absolute Gasteiger partial charge is 0.418 e. The molecule has 6 heteroatoms. The van der Waals surface area contributed by atoms with E-state index in [1.54, 1.807) is 25.1 Å². The Labute approximate surface area is 119 Å². The summed E-state index contributed by atoms with van der Waals surface area (Å²) in [5.41, 5.74) is 5.76. The van der Waals surface area contributed by atoms with Gasteiger partial charge in [0.1, 0.15) is 6.07 Å². The quantitative estimate of drug-likeness (QED) is 0.815. The van der Waals surface area contributed by atoms with Crippen molar-refractivity contribution in [1.82, 2.24) is 0 Å². The Kier molecular flexibility index (Phi) is 3.76. The molecule has 0 spiro atoms. The van der Waals surface area contributed by atoms with E-state index in [1.165, 1.54) is 12.1 Å². The Bertz CT molecular complexity index is 715. The van der Waals surface area contributed by atoms with Gasteiger partial charge in [-0.25, -0.2) is 0 Å². The van der Waals surface area contributed by atoms with E-state index >= 15 is 0 Å². The number of benzene rings is 2. The summed E-state index contributed by atoms with van der Waals surface area (Å²) in [4.78, 5) is 0. The van der Waals surface area contributed by atoms with Crippen molar-refractivity contribution in [3.63, 3.8) is 0 Å². The second-order valence-electron chi connectivity index (χ2n) is 4.54. The molecule has 21 heavy (non-hydrogen) atoms. The zero-order valence-electron chi connectivity index (χ0n) is 11.1. The third-order valence-corrected chi connectivity index (χ3v) is 3.00. The van der Waals surface area contributed by atoms with Gasteiger partial charge in [-0.1, -0.05) is 12.1 Å². The average Bonchev–Trinajstić information content (AvgIpc) is 2.40. The predicted molar refractivity (Wildman–Crippen MR) is 75.0 cm³/mol. The SMILES string of the molecule is Cc1cccc(Nc2ccc(N)cc2C(F)(F)F)c1C#N. The summed E-state index contributed by atoms with van der Waals surface area (Å²) >= 11 is 0. The van der Waals surface area contributed by atoms with Gasteiger partial charge in [-0.2, -0.15) is 18.4 Å². The van der Waals surface area contributed by atoms with Crippen LogP contribution < -0.4 is 11.1 Å². The number of halogens is 3. The number of anilines is 3. The molecule has 0 amide bonds. The standard InChI is InChI=1S/C15H12F3N3/c1-9-3-2-4-13(11(9)8-19)21-14-6-5-10(20)7-12(14)15(16,17)18/h2-7,21H,20H2,1H3. The van der Waals surface area contributed by atoms with Crippen molar-refractivity contribution >= 4 is 17.1 Å². The number of nitrogens with zero attached hydrogens (tertiary/aromatic N) is 1. The summed E-state index contributed by atoms with van der Waals surface area (Å²) < 4.78 is 39.1. The predicted octanol–water partition coefficient (Wildman–Crippen LogP) is 4.21. The van der Waals surface area contributed by atoms with Crippen LogP contribution in [-0.4, -0.2) is 0 Å². The fourth-order valence-electron chi connectivity index (χ4n) is 1.97. The molecule has 0 saturated heterocycles. The molecule has 2 rings (SSSR count). The minimum absolute atomic E-state index is 0.0256.